The highest BCUT2D eigenvalue weighted by atomic mass is 16.5. The molecule has 1 heterocycles. The van der Waals surface area contributed by atoms with Crippen molar-refractivity contribution in [3.63, 3.8) is 0 Å². The summed E-state index contributed by atoms with van der Waals surface area (Å²) in [6.07, 6.45) is 0.188. The van der Waals surface area contributed by atoms with Gasteiger partial charge in [-0.25, -0.2) is 0 Å². The Morgan fingerprint density at radius 3 is 2.79 bits per heavy atom. The van der Waals surface area contributed by atoms with Crippen LogP contribution in [0.2, 0.25) is 0 Å². The molecule has 19 heavy (non-hydrogen) atoms. The minimum Gasteiger partial charge on any atom is -0.491 e. The van der Waals surface area contributed by atoms with Gasteiger partial charge in [0.2, 0.25) is 0 Å². The third-order valence-corrected chi connectivity index (χ3v) is 3.25. The quantitative estimate of drug-likeness (QED) is 0.786. The molecule has 106 valence electrons. The van der Waals surface area contributed by atoms with E-state index in [4.69, 9.17) is 9.47 Å². The van der Waals surface area contributed by atoms with Crippen LogP contribution >= 0.6 is 0 Å². The minimum atomic E-state index is -0.0773. The van der Waals surface area contributed by atoms with E-state index in [1.165, 1.54) is 5.56 Å². The van der Waals surface area contributed by atoms with Gasteiger partial charge in [0.15, 0.2) is 0 Å². The third kappa shape index (κ3) is 3.93. The Balaban J connectivity index is 1.82. The molecule has 4 nitrogen and oxygen atoms in total. The topological polar surface area (TPSA) is 50.7 Å². The van der Waals surface area contributed by atoms with Crippen LogP contribution in [0, 0.1) is 5.41 Å². The summed E-state index contributed by atoms with van der Waals surface area (Å²) in [6, 6.07) is 8.10. The van der Waals surface area contributed by atoms with Gasteiger partial charge >= 0.3 is 0 Å². The Morgan fingerprint density at radius 1 is 1.42 bits per heavy atom. The number of hydrogen-bond acceptors (Lipinski definition) is 4. The van der Waals surface area contributed by atoms with Crippen molar-refractivity contribution in [2.45, 2.75) is 26.5 Å². The molecular weight excluding hydrogens is 242 g/mol. The van der Waals surface area contributed by atoms with E-state index < -0.39 is 0 Å². The standard InChI is InChI=1S/C15H23NO3/c1-12(2)19-14-5-3-4-13(6-14)7-16-8-15(9-17)10-18-11-15/h3-6,12,16-17H,7-11H2,1-2H3. The first-order chi connectivity index (χ1) is 9.13. The zero-order chi connectivity index (χ0) is 13.7. The van der Waals surface area contributed by atoms with Gasteiger partial charge in [0, 0.05) is 13.1 Å². The van der Waals surface area contributed by atoms with Crippen molar-refractivity contribution in [3.05, 3.63) is 29.8 Å². The van der Waals surface area contributed by atoms with Crippen LogP contribution in [-0.4, -0.2) is 37.6 Å². The van der Waals surface area contributed by atoms with Gasteiger partial charge in [-0.3, -0.25) is 0 Å². The van der Waals surface area contributed by atoms with Crippen LogP contribution in [-0.2, 0) is 11.3 Å². The number of aliphatic hydroxyl groups is 1. The Hall–Kier alpha value is -1.10. The lowest BCUT2D eigenvalue weighted by atomic mass is 9.87. The number of aliphatic hydroxyl groups excluding tert-OH is 1. The van der Waals surface area contributed by atoms with Crippen LogP contribution in [0.1, 0.15) is 19.4 Å². The summed E-state index contributed by atoms with van der Waals surface area (Å²) < 4.78 is 10.8. The summed E-state index contributed by atoms with van der Waals surface area (Å²) in [4.78, 5) is 0. The second-order valence-corrected chi connectivity index (χ2v) is 5.57. The summed E-state index contributed by atoms with van der Waals surface area (Å²) in [5, 5.41) is 12.7. The molecule has 1 aliphatic heterocycles. The van der Waals surface area contributed by atoms with Gasteiger partial charge in [0.05, 0.1) is 31.3 Å². The number of hydrogen-bond donors (Lipinski definition) is 2. The summed E-state index contributed by atoms with van der Waals surface area (Å²) in [6.45, 7) is 7.06. The second kappa shape index (κ2) is 6.37. The molecule has 0 aromatic heterocycles. The highest BCUT2D eigenvalue weighted by Crippen LogP contribution is 2.25. The van der Waals surface area contributed by atoms with Crippen molar-refractivity contribution in [2.24, 2.45) is 5.41 Å². The Bertz CT molecular complexity index is 397. The SMILES string of the molecule is CC(C)Oc1cccc(CNCC2(CO)COC2)c1. The predicted molar refractivity (Wildman–Crippen MR) is 74.3 cm³/mol. The van der Waals surface area contributed by atoms with Crippen LogP contribution in [0.15, 0.2) is 24.3 Å². The highest BCUT2D eigenvalue weighted by Gasteiger charge is 2.37. The second-order valence-electron chi connectivity index (χ2n) is 5.57. The van der Waals surface area contributed by atoms with Crippen LogP contribution < -0.4 is 10.1 Å². The Morgan fingerprint density at radius 2 is 2.21 bits per heavy atom. The fourth-order valence-electron chi connectivity index (χ4n) is 2.11. The van der Waals surface area contributed by atoms with E-state index in [1.54, 1.807) is 0 Å². The molecule has 1 fully saturated rings. The van der Waals surface area contributed by atoms with Gasteiger partial charge in [-0.1, -0.05) is 12.1 Å². The largest absolute Gasteiger partial charge is 0.491 e. The first-order valence-corrected chi connectivity index (χ1v) is 6.78. The number of nitrogens with one attached hydrogen (secondary N) is 1. The summed E-state index contributed by atoms with van der Waals surface area (Å²) in [7, 11) is 0. The van der Waals surface area contributed by atoms with Crippen molar-refractivity contribution in [1.29, 1.82) is 0 Å². The molecule has 0 aliphatic carbocycles. The zero-order valence-electron chi connectivity index (χ0n) is 11.7. The number of ether oxygens (including phenoxy) is 2. The maximum Gasteiger partial charge on any atom is 0.120 e. The van der Waals surface area contributed by atoms with Crippen LogP contribution in [0.25, 0.3) is 0 Å². The fraction of sp³-hybridized carbons (Fsp3) is 0.600. The van der Waals surface area contributed by atoms with E-state index in [0.717, 1.165) is 18.8 Å². The lowest BCUT2D eigenvalue weighted by Gasteiger charge is -2.40. The van der Waals surface area contributed by atoms with Gasteiger partial charge in [0.25, 0.3) is 0 Å². The molecule has 0 radical (unpaired) electrons. The van der Waals surface area contributed by atoms with E-state index in [0.29, 0.717) is 13.2 Å². The molecule has 0 amide bonds. The van der Waals surface area contributed by atoms with Crippen molar-refractivity contribution in [3.8, 4) is 5.75 Å². The van der Waals surface area contributed by atoms with Crippen LogP contribution in [0.3, 0.4) is 0 Å². The maximum absolute atomic E-state index is 9.34. The fourth-order valence-corrected chi connectivity index (χ4v) is 2.11. The lowest BCUT2D eigenvalue weighted by Crippen LogP contribution is -2.52. The summed E-state index contributed by atoms with van der Waals surface area (Å²) >= 11 is 0. The molecule has 4 heteroatoms. The summed E-state index contributed by atoms with van der Waals surface area (Å²) in [5.41, 5.74) is 1.11. The molecule has 0 unspecified atom stereocenters. The van der Waals surface area contributed by atoms with Gasteiger partial charge < -0.3 is 19.9 Å². The van der Waals surface area contributed by atoms with E-state index in [1.807, 2.05) is 26.0 Å². The normalized spacial score (nSPS) is 17.3. The smallest absolute Gasteiger partial charge is 0.120 e. The van der Waals surface area contributed by atoms with Gasteiger partial charge in [-0.15, -0.1) is 0 Å². The van der Waals surface area contributed by atoms with E-state index in [9.17, 15) is 5.11 Å². The van der Waals surface area contributed by atoms with E-state index >= 15 is 0 Å². The molecular formula is C15H23NO3. The average molecular weight is 265 g/mol. The van der Waals surface area contributed by atoms with Crippen molar-refractivity contribution < 1.29 is 14.6 Å². The Kier molecular flexibility index (Phi) is 4.80. The number of benzene rings is 1. The molecule has 1 aliphatic rings. The molecule has 1 aromatic carbocycles. The molecule has 0 saturated carbocycles. The van der Waals surface area contributed by atoms with E-state index in [2.05, 4.69) is 17.4 Å². The summed E-state index contributed by atoms with van der Waals surface area (Å²) in [5.74, 6) is 0.901. The van der Waals surface area contributed by atoms with Crippen LogP contribution in [0.4, 0.5) is 0 Å². The molecule has 2 N–H and O–H groups in total. The van der Waals surface area contributed by atoms with E-state index in [-0.39, 0.29) is 18.1 Å². The third-order valence-electron chi connectivity index (χ3n) is 3.25. The maximum atomic E-state index is 9.34. The van der Waals surface area contributed by atoms with Crippen molar-refractivity contribution in [2.75, 3.05) is 26.4 Å². The molecule has 0 atom stereocenters. The van der Waals surface area contributed by atoms with Gasteiger partial charge in [0.1, 0.15) is 5.75 Å². The minimum absolute atomic E-state index is 0.0773. The van der Waals surface area contributed by atoms with Gasteiger partial charge in [-0.05, 0) is 31.5 Å². The molecule has 1 aromatic rings. The highest BCUT2D eigenvalue weighted by molar-refractivity contribution is 5.28. The molecule has 0 bridgehead atoms. The first-order valence-electron chi connectivity index (χ1n) is 6.78. The number of rotatable bonds is 7. The van der Waals surface area contributed by atoms with Gasteiger partial charge in [-0.2, -0.15) is 0 Å². The zero-order valence-corrected chi connectivity index (χ0v) is 11.7. The predicted octanol–water partition coefficient (Wildman–Crippen LogP) is 1.57. The Labute approximate surface area is 114 Å². The van der Waals surface area contributed by atoms with Crippen molar-refractivity contribution in [1.82, 2.24) is 5.32 Å². The lowest BCUT2D eigenvalue weighted by molar-refractivity contribution is -0.134. The molecule has 1 saturated heterocycles. The molecule has 2 rings (SSSR count). The van der Waals surface area contributed by atoms with Crippen LogP contribution in [0.5, 0.6) is 5.75 Å². The average Bonchev–Trinajstić information content (AvgIpc) is 2.32. The molecule has 0 spiro atoms. The first kappa shape index (κ1) is 14.3. The van der Waals surface area contributed by atoms with Crippen molar-refractivity contribution >= 4 is 0 Å². The monoisotopic (exact) mass is 265 g/mol.